The summed E-state index contributed by atoms with van der Waals surface area (Å²) in [5.41, 5.74) is 0.421. The predicted octanol–water partition coefficient (Wildman–Crippen LogP) is 3.30. The van der Waals surface area contributed by atoms with E-state index in [4.69, 9.17) is 33.0 Å². The first-order chi connectivity index (χ1) is 9.81. The van der Waals surface area contributed by atoms with Crippen LogP contribution in [0.25, 0.3) is 0 Å². The summed E-state index contributed by atoms with van der Waals surface area (Å²) >= 11 is 11.7. The molecule has 2 N–H and O–H groups in total. The van der Waals surface area contributed by atoms with Crippen LogP contribution >= 0.6 is 23.2 Å². The quantitative estimate of drug-likeness (QED) is 0.813. The van der Waals surface area contributed by atoms with E-state index in [1.54, 1.807) is 26.0 Å². The molecule has 21 heavy (non-hydrogen) atoms. The van der Waals surface area contributed by atoms with E-state index in [1.807, 2.05) is 0 Å². The van der Waals surface area contributed by atoms with Crippen molar-refractivity contribution < 1.29 is 19.7 Å². The molecule has 2 unspecified atom stereocenters. The van der Waals surface area contributed by atoms with Gasteiger partial charge in [0.05, 0.1) is 6.10 Å². The largest absolute Gasteiger partial charge is 0.479 e. The Morgan fingerprint density at radius 3 is 2.57 bits per heavy atom. The predicted molar refractivity (Wildman–Crippen MR) is 81.5 cm³/mol. The van der Waals surface area contributed by atoms with Gasteiger partial charge in [-0.05, 0) is 26.0 Å². The van der Waals surface area contributed by atoms with Gasteiger partial charge in [-0.15, -0.1) is 0 Å². The molecule has 0 fully saturated rings. The zero-order valence-electron chi connectivity index (χ0n) is 11.6. The third-order valence-corrected chi connectivity index (χ3v) is 3.06. The Kier molecular flexibility index (Phi) is 7.00. The fraction of sp³-hybridized carbons (Fsp3) is 0.400. The standard InChI is InChI=1S/C15H16Cl2O4/c1-9(2)21-14(15(19)20)5-3-4-13(18)11-7-6-10(16)8-12(11)17/h6-9,13-14,18H,5H2,1-2H3,(H,19,20). The van der Waals surface area contributed by atoms with E-state index in [-0.39, 0.29) is 12.5 Å². The van der Waals surface area contributed by atoms with Gasteiger partial charge in [0.25, 0.3) is 0 Å². The highest BCUT2D eigenvalue weighted by atomic mass is 35.5. The van der Waals surface area contributed by atoms with Crippen molar-refractivity contribution in [2.45, 2.75) is 38.6 Å². The molecule has 0 spiro atoms. The van der Waals surface area contributed by atoms with E-state index in [0.29, 0.717) is 15.6 Å². The molecule has 0 aliphatic heterocycles. The SMILES string of the molecule is CC(C)OC(CC#CC(O)c1ccc(Cl)cc1Cl)C(=O)O. The zero-order chi connectivity index (χ0) is 16.0. The third kappa shape index (κ3) is 5.94. The van der Waals surface area contributed by atoms with Gasteiger partial charge in [-0.2, -0.15) is 0 Å². The lowest BCUT2D eigenvalue weighted by Gasteiger charge is -2.13. The van der Waals surface area contributed by atoms with Gasteiger partial charge in [0.1, 0.15) is 6.10 Å². The van der Waals surface area contributed by atoms with Gasteiger partial charge in [0.15, 0.2) is 6.10 Å². The molecule has 114 valence electrons. The van der Waals surface area contributed by atoms with E-state index in [1.165, 1.54) is 6.07 Å². The van der Waals surface area contributed by atoms with Crippen LogP contribution in [0.2, 0.25) is 10.0 Å². The van der Waals surface area contributed by atoms with E-state index < -0.39 is 18.2 Å². The first-order valence-electron chi connectivity index (χ1n) is 6.31. The molecule has 0 saturated heterocycles. The van der Waals surface area contributed by atoms with Crippen molar-refractivity contribution in [2.75, 3.05) is 0 Å². The lowest BCUT2D eigenvalue weighted by atomic mass is 10.1. The Morgan fingerprint density at radius 2 is 2.05 bits per heavy atom. The van der Waals surface area contributed by atoms with Gasteiger partial charge < -0.3 is 14.9 Å². The third-order valence-electron chi connectivity index (χ3n) is 2.50. The molecule has 0 aliphatic rings. The minimum atomic E-state index is -1.11. The van der Waals surface area contributed by atoms with Crippen LogP contribution in [0.5, 0.6) is 0 Å². The van der Waals surface area contributed by atoms with Crippen LogP contribution in [-0.4, -0.2) is 28.4 Å². The zero-order valence-corrected chi connectivity index (χ0v) is 13.1. The number of ether oxygens (including phenoxy) is 1. The Labute approximate surface area is 133 Å². The van der Waals surface area contributed by atoms with Crippen LogP contribution < -0.4 is 0 Å². The van der Waals surface area contributed by atoms with Gasteiger partial charge in [-0.3, -0.25) is 0 Å². The number of carboxylic acid groups (broad SMARTS) is 1. The van der Waals surface area contributed by atoms with Crippen molar-refractivity contribution in [3.05, 3.63) is 33.8 Å². The highest BCUT2D eigenvalue weighted by molar-refractivity contribution is 6.35. The van der Waals surface area contributed by atoms with E-state index >= 15 is 0 Å². The molecule has 0 aromatic heterocycles. The maximum atomic E-state index is 11.0. The van der Waals surface area contributed by atoms with Gasteiger partial charge >= 0.3 is 5.97 Å². The summed E-state index contributed by atoms with van der Waals surface area (Å²) in [6.45, 7) is 3.48. The molecule has 0 heterocycles. The fourth-order valence-corrected chi connectivity index (χ4v) is 2.08. The molecule has 0 amide bonds. The summed E-state index contributed by atoms with van der Waals surface area (Å²) in [6.07, 6.45) is -2.37. The Balaban J connectivity index is 2.74. The molecular weight excluding hydrogens is 315 g/mol. The van der Waals surface area contributed by atoms with Gasteiger partial charge in [0.2, 0.25) is 0 Å². The van der Waals surface area contributed by atoms with Gasteiger partial charge in [0, 0.05) is 22.0 Å². The van der Waals surface area contributed by atoms with Crippen molar-refractivity contribution >= 4 is 29.2 Å². The second-order valence-corrected chi connectivity index (χ2v) is 5.45. The number of hydrogen-bond donors (Lipinski definition) is 2. The molecule has 1 aromatic rings. The first kappa shape index (κ1) is 17.8. The van der Waals surface area contributed by atoms with Crippen LogP contribution in [0, 0.1) is 11.8 Å². The molecule has 1 aromatic carbocycles. The maximum absolute atomic E-state index is 11.0. The van der Waals surface area contributed by atoms with Crippen LogP contribution in [0.15, 0.2) is 18.2 Å². The molecule has 0 radical (unpaired) electrons. The first-order valence-corrected chi connectivity index (χ1v) is 7.06. The number of aliphatic carboxylic acids is 1. The minimum absolute atomic E-state index is 0.0181. The maximum Gasteiger partial charge on any atom is 0.333 e. The molecular formula is C15H16Cl2O4. The fourth-order valence-electron chi connectivity index (χ4n) is 1.57. The van der Waals surface area contributed by atoms with Gasteiger partial charge in [-0.1, -0.05) is 41.1 Å². The Morgan fingerprint density at radius 1 is 1.38 bits per heavy atom. The molecule has 4 nitrogen and oxygen atoms in total. The lowest BCUT2D eigenvalue weighted by Crippen LogP contribution is -2.26. The summed E-state index contributed by atoms with van der Waals surface area (Å²) in [5.74, 6) is 4.08. The number of carbonyl (C=O) groups is 1. The van der Waals surface area contributed by atoms with Crippen molar-refractivity contribution in [1.29, 1.82) is 0 Å². The molecule has 2 atom stereocenters. The van der Waals surface area contributed by atoms with E-state index in [0.717, 1.165) is 0 Å². The lowest BCUT2D eigenvalue weighted by molar-refractivity contribution is -0.152. The topological polar surface area (TPSA) is 66.8 Å². The Hall–Kier alpha value is -1.25. The normalized spacial score (nSPS) is 13.4. The van der Waals surface area contributed by atoms with E-state index in [2.05, 4.69) is 11.8 Å². The average molecular weight is 331 g/mol. The number of aliphatic hydroxyl groups is 1. The van der Waals surface area contributed by atoms with Crippen LogP contribution in [-0.2, 0) is 9.53 Å². The number of benzene rings is 1. The summed E-state index contributed by atoms with van der Waals surface area (Å²) in [7, 11) is 0. The Bertz CT molecular complexity index is 561. The van der Waals surface area contributed by atoms with Crippen molar-refractivity contribution in [3.8, 4) is 11.8 Å². The van der Waals surface area contributed by atoms with E-state index in [9.17, 15) is 9.90 Å². The molecule has 0 aliphatic carbocycles. The summed E-state index contributed by atoms with van der Waals surface area (Å²) < 4.78 is 5.21. The van der Waals surface area contributed by atoms with Crippen molar-refractivity contribution in [1.82, 2.24) is 0 Å². The molecule has 1 rings (SSSR count). The van der Waals surface area contributed by atoms with Crippen molar-refractivity contribution in [2.24, 2.45) is 0 Å². The molecule has 0 bridgehead atoms. The molecule has 0 saturated carbocycles. The number of carboxylic acids is 1. The van der Waals surface area contributed by atoms with Gasteiger partial charge in [-0.25, -0.2) is 4.79 Å². The number of hydrogen-bond acceptors (Lipinski definition) is 3. The summed E-state index contributed by atoms with van der Waals surface area (Å²) in [6, 6.07) is 4.67. The van der Waals surface area contributed by atoms with Crippen LogP contribution in [0.3, 0.4) is 0 Å². The second-order valence-electron chi connectivity index (χ2n) is 4.61. The van der Waals surface area contributed by atoms with Crippen LogP contribution in [0.4, 0.5) is 0 Å². The number of halogens is 2. The number of aliphatic hydroxyl groups excluding tert-OH is 1. The molecule has 6 heteroatoms. The minimum Gasteiger partial charge on any atom is -0.479 e. The average Bonchev–Trinajstić information content (AvgIpc) is 2.36. The monoisotopic (exact) mass is 330 g/mol. The smallest absolute Gasteiger partial charge is 0.333 e. The second kappa shape index (κ2) is 8.26. The number of rotatable bonds is 5. The highest BCUT2D eigenvalue weighted by Gasteiger charge is 2.18. The van der Waals surface area contributed by atoms with Crippen molar-refractivity contribution in [3.63, 3.8) is 0 Å². The highest BCUT2D eigenvalue weighted by Crippen LogP contribution is 2.25. The van der Waals surface area contributed by atoms with Crippen LogP contribution in [0.1, 0.15) is 31.9 Å². The summed E-state index contributed by atoms with van der Waals surface area (Å²) in [4.78, 5) is 11.0. The summed E-state index contributed by atoms with van der Waals surface area (Å²) in [5, 5.41) is 19.7.